The molecule has 2 aromatic heterocycles. The first kappa shape index (κ1) is 14.8. The molecule has 2 rings (SSSR count). The van der Waals surface area contributed by atoms with Gasteiger partial charge in [-0.1, -0.05) is 6.07 Å². The Morgan fingerprint density at radius 3 is 2.55 bits per heavy atom. The van der Waals surface area contributed by atoms with Gasteiger partial charge in [-0.3, -0.25) is 4.98 Å². The van der Waals surface area contributed by atoms with Gasteiger partial charge in [-0.25, -0.2) is 4.98 Å². The van der Waals surface area contributed by atoms with E-state index in [1.54, 1.807) is 0 Å². The van der Waals surface area contributed by atoms with Crippen molar-refractivity contribution in [2.24, 2.45) is 0 Å². The lowest BCUT2D eigenvalue weighted by atomic mass is 10.2. The van der Waals surface area contributed by atoms with E-state index in [0.717, 1.165) is 41.6 Å². The second-order valence-corrected chi connectivity index (χ2v) is 5.16. The Balaban J connectivity index is 2.26. The van der Waals surface area contributed by atoms with Crippen LogP contribution in [0.4, 0.5) is 5.82 Å². The first-order valence-electron chi connectivity index (χ1n) is 6.83. The van der Waals surface area contributed by atoms with Crippen molar-refractivity contribution >= 4 is 17.4 Å². The Morgan fingerprint density at radius 1 is 1.10 bits per heavy atom. The molecular formula is C16H20ClN3. The zero-order chi connectivity index (χ0) is 14.5. The highest BCUT2D eigenvalue weighted by atomic mass is 35.5. The van der Waals surface area contributed by atoms with Crippen molar-refractivity contribution in [1.29, 1.82) is 0 Å². The fourth-order valence-corrected chi connectivity index (χ4v) is 2.35. The maximum atomic E-state index is 5.94. The van der Waals surface area contributed by atoms with Gasteiger partial charge in [0.15, 0.2) is 0 Å². The van der Waals surface area contributed by atoms with E-state index in [1.165, 1.54) is 0 Å². The molecule has 2 heterocycles. The Labute approximate surface area is 125 Å². The number of anilines is 1. The van der Waals surface area contributed by atoms with E-state index < -0.39 is 0 Å². The van der Waals surface area contributed by atoms with Crippen molar-refractivity contribution in [2.75, 3.05) is 11.4 Å². The van der Waals surface area contributed by atoms with Crippen LogP contribution in [0.15, 0.2) is 30.3 Å². The van der Waals surface area contributed by atoms with Crippen LogP contribution in [0.2, 0.25) is 0 Å². The Morgan fingerprint density at radius 2 is 1.90 bits per heavy atom. The molecule has 0 amide bonds. The standard InChI is InChI=1S/C16H20ClN3/c1-4-20(11-15-7-5-6-12(2)18-15)16-9-14(10-17)8-13(3)19-16/h5-9H,4,10-11H2,1-3H3. The lowest BCUT2D eigenvalue weighted by Crippen LogP contribution is -2.24. The molecule has 0 atom stereocenters. The van der Waals surface area contributed by atoms with E-state index in [1.807, 2.05) is 38.1 Å². The maximum absolute atomic E-state index is 5.94. The van der Waals surface area contributed by atoms with Gasteiger partial charge < -0.3 is 4.90 Å². The minimum atomic E-state index is 0.511. The third kappa shape index (κ3) is 3.70. The van der Waals surface area contributed by atoms with E-state index >= 15 is 0 Å². The number of halogens is 1. The van der Waals surface area contributed by atoms with Crippen molar-refractivity contribution < 1.29 is 0 Å². The van der Waals surface area contributed by atoms with E-state index in [2.05, 4.69) is 27.9 Å². The molecule has 20 heavy (non-hydrogen) atoms. The number of hydrogen-bond donors (Lipinski definition) is 0. The van der Waals surface area contributed by atoms with Crippen molar-refractivity contribution in [3.05, 3.63) is 53.0 Å². The molecule has 0 aliphatic heterocycles. The molecule has 0 saturated carbocycles. The molecule has 0 aliphatic rings. The molecule has 0 unspecified atom stereocenters. The Bertz CT molecular complexity index is 584. The van der Waals surface area contributed by atoms with Gasteiger partial charge in [0.1, 0.15) is 5.82 Å². The Kier molecular flexibility index (Phi) is 4.96. The lowest BCUT2D eigenvalue weighted by Gasteiger charge is -2.22. The fraction of sp³-hybridized carbons (Fsp3) is 0.375. The number of alkyl halides is 1. The average Bonchev–Trinajstić information content (AvgIpc) is 2.44. The summed E-state index contributed by atoms with van der Waals surface area (Å²) in [7, 11) is 0. The fourth-order valence-electron chi connectivity index (χ4n) is 2.20. The van der Waals surface area contributed by atoms with E-state index in [4.69, 9.17) is 11.6 Å². The molecule has 4 heteroatoms. The molecule has 0 radical (unpaired) electrons. The van der Waals surface area contributed by atoms with Crippen LogP contribution >= 0.6 is 11.6 Å². The summed E-state index contributed by atoms with van der Waals surface area (Å²) in [5.74, 6) is 1.47. The van der Waals surface area contributed by atoms with Gasteiger partial charge in [-0.05, 0) is 50.6 Å². The lowest BCUT2D eigenvalue weighted by molar-refractivity contribution is 0.787. The number of nitrogens with zero attached hydrogens (tertiary/aromatic N) is 3. The average molecular weight is 290 g/mol. The summed E-state index contributed by atoms with van der Waals surface area (Å²) in [6, 6.07) is 10.2. The third-order valence-electron chi connectivity index (χ3n) is 3.16. The minimum Gasteiger partial charge on any atom is -0.351 e. The third-order valence-corrected chi connectivity index (χ3v) is 3.47. The predicted molar refractivity (Wildman–Crippen MR) is 84.2 cm³/mol. The highest BCUT2D eigenvalue weighted by Crippen LogP contribution is 2.18. The number of pyridine rings is 2. The predicted octanol–water partition coefficient (Wildman–Crippen LogP) is 3.86. The molecule has 106 valence electrons. The SMILES string of the molecule is CCN(Cc1cccc(C)n1)c1cc(CCl)cc(C)n1. The number of rotatable bonds is 5. The summed E-state index contributed by atoms with van der Waals surface area (Å²) in [6.07, 6.45) is 0. The molecule has 0 aromatic carbocycles. The van der Waals surface area contributed by atoms with Gasteiger partial charge in [0, 0.05) is 23.8 Å². The van der Waals surface area contributed by atoms with Gasteiger partial charge in [-0.2, -0.15) is 0 Å². The highest BCUT2D eigenvalue weighted by molar-refractivity contribution is 6.17. The topological polar surface area (TPSA) is 29.0 Å². The summed E-state index contributed by atoms with van der Waals surface area (Å²) in [4.78, 5) is 11.4. The summed E-state index contributed by atoms with van der Waals surface area (Å²) in [6.45, 7) is 7.78. The first-order valence-corrected chi connectivity index (χ1v) is 7.37. The van der Waals surface area contributed by atoms with E-state index in [9.17, 15) is 0 Å². The van der Waals surface area contributed by atoms with Gasteiger partial charge in [-0.15, -0.1) is 11.6 Å². The van der Waals surface area contributed by atoms with E-state index in [0.29, 0.717) is 5.88 Å². The van der Waals surface area contributed by atoms with E-state index in [-0.39, 0.29) is 0 Å². The summed E-state index contributed by atoms with van der Waals surface area (Å²) < 4.78 is 0. The Hall–Kier alpha value is -1.61. The van der Waals surface area contributed by atoms with Crippen LogP contribution in [0.1, 0.15) is 29.6 Å². The normalized spacial score (nSPS) is 10.6. The first-order chi connectivity index (χ1) is 9.62. The second-order valence-electron chi connectivity index (χ2n) is 4.89. The zero-order valence-electron chi connectivity index (χ0n) is 12.2. The number of aromatic nitrogens is 2. The molecule has 0 N–H and O–H groups in total. The maximum Gasteiger partial charge on any atom is 0.129 e. The molecule has 0 spiro atoms. The largest absolute Gasteiger partial charge is 0.351 e. The van der Waals surface area contributed by atoms with Crippen molar-refractivity contribution in [3.63, 3.8) is 0 Å². The quantitative estimate of drug-likeness (QED) is 0.783. The molecule has 0 bridgehead atoms. The van der Waals surface area contributed by atoms with Crippen LogP contribution in [0.25, 0.3) is 0 Å². The molecule has 0 fully saturated rings. The summed E-state index contributed by atoms with van der Waals surface area (Å²) >= 11 is 5.94. The van der Waals surface area contributed by atoms with Crippen LogP contribution in [0, 0.1) is 13.8 Å². The molecular weight excluding hydrogens is 270 g/mol. The van der Waals surface area contributed by atoms with Gasteiger partial charge in [0.25, 0.3) is 0 Å². The monoisotopic (exact) mass is 289 g/mol. The van der Waals surface area contributed by atoms with Crippen LogP contribution in [-0.2, 0) is 12.4 Å². The van der Waals surface area contributed by atoms with Crippen molar-refractivity contribution in [2.45, 2.75) is 33.2 Å². The van der Waals surface area contributed by atoms with Crippen molar-refractivity contribution in [3.8, 4) is 0 Å². The van der Waals surface area contributed by atoms with Crippen LogP contribution < -0.4 is 4.90 Å². The van der Waals surface area contributed by atoms with Gasteiger partial charge >= 0.3 is 0 Å². The molecule has 2 aromatic rings. The number of aryl methyl sites for hydroxylation is 2. The molecule has 0 aliphatic carbocycles. The smallest absolute Gasteiger partial charge is 0.129 e. The van der Waals surface area contributed by atoms with Crippen LogP contribution in [0.3, 0.4) is 0 Å². The summed E-state index contributed by atoms with van der Waals surface area (Å²) in [5.41, 5.74) is 4.19. The minimum absolute atomic E-state index is 0.511. The highest BCUT2D eigenvalue weighted by Gasteiger charge is 2.09. The van der Waals surface area contributed by atoms with Gasteiger partial charge in [0.05, 0.1) is 12.2 Å². The zero-order valence-corrected chi connectivity index (χ0v) is 13.0. The molecule has 0 saturated heterocycles. The molecule has 3 nitrogen and oxygen atoms in total. The van der Waals surface area contributed by atoms with Crippen LogP contribution in [-0.4, -0.2) is 16.5 Å². The van der Waals surface area contributed by atoms with Crippen LogP contribution in [0.5, 0.6) is 0 Å². The van der Waals surface area contributed by atoms with Crippen molar-refractivity contribution in [1.82, 2.24) is 9.97 Å². The summed E-state index contributed by atoms with van der Waals surface area (Å²) in [5, 5.41) is 0. The number of hydrogen-bond acceptors (Lipinski definition) is 3. The second kappa shape index (κ2) is 6.71. The van der Waals surface area contributed by atoms with Gasteiger partial charge in [0.2, 0.25) is 0 Å².